The van der Waals surface area contributed by atoms with Gasteiger partial charge < -0.3 is 10.2 Å². The Morgan fingerprint density at radius 1 is 1.05 bits per heavy atom. The van der Waals surface area contributed by atoms with Crippen LogP contribution in [0.1, 0.15) is 26.7 Å². The van der Waals surface area contributed by atoms with Crippen molar-refractivity contribution in [1.29, 1.82) is 10.5 Å². The first-order valence-electron chi connectivity index (χ1n) is 6.23. The van der Waals surface area contributed by atoms with Crippen LogP contribution in [0.2, 0.25) is 0 Å². The minimum atomic E-state index is -0.352. The third-order valence-electron chi connectivity index (χ3n) is 4.15. The first-order chi connectivity index (χ1) is 8.55. The molecule has 0 amide bonds. The van der Waals surface area contributed by atoms with Crippen molar-refractivity contribution < 1.29 is 0 Å². The predicted molar refractivity (Wildman–Crippen MR) is 76.2 cm³/mol. The second kappa shape index (κ2) is 5.65. The summed E-state index contributed by atoms with van der Waals surface area (Å²) in [5.41, 5.74) is 2.95. The first kappa shape index (κ1) is 15.6. The summed E-state index contributed by atoms with van der Waals surface area (Å²) in [5, 5.41) is 22.1. The van der Waals surface area contributed by atoms with E-state index in [4.69, 9.17) is 0 Å². The zero-order chi connectivity index (χ0) is 13.3. The molecule has 0 unspecified atom stereocenters. The van der Waals surface area contributed by atoms with E-state index in [1.807, 2.05) is 13.8 Å². The highest BCUT2D eigenvalue weighted by Gasteiger charge is 2.45. The summed E-state index contributed by atoms with van der Waals surface area (Å²) in [6.07, 6.45) is 1.71. The number of piperidine rings is 1. The number of nitrogens with zero attached hydrogens (tertiary/aromatic N) is 3. The fourth-order valence-corrected chi connectivity index (χ4v) is 3.13. The van der Waals surface area contributed by atoms with Crippen molar-refractivity contribution in [2.24, 2.45) is 5.41 Å². The van der Waals surface area contributed by atoms with Crippen LogP contribution in [0, 0.1) is 28.1 Å². The van der Waals surface area contributed by atoms with Crippen LogP contribution in [0.4, 0.5) is 0 Å². The van der Waals surface area contributed by atoms with Gasteiger partial charge in [-0.05, 0) is 46.8 Å². The minimum absolute atomic E-state index is 0. The molecule has 0 aliphatic carbocycles. The van der Waals surface area contributed by atoms with Gasteiger partial charge in [-0.1, -0.05) is 0 Å². The van der Waals surface area contributed by atoms with Crippen molar-refractivity contribution in [3.63, 3.8) is 0 Å². The van der Waals surface area contributed by atoms with Gasteiger partial charge in [0.1, 0.15) is 0 Å². The topological polar surface area (TPSA) is 62.9 Å². The van der Waals surface area contributed by atoms with Crippen LogP contribution in [0.5, 0.6) is 0 Å². The lowest BCUT2D eigenvalue weighted by atomic mass is 9.65. The average molecular weight is 279 g/mol. The van der Waals surface area contributed by atoms with Crippen LogP contribution >= 0.6 is 12.4 Å². The standard InChI is InChI=1S/C14H18N4.ClH/c1-10-12(8-15)14(4-6-18(3)7-5-14)13(9-16)11(2)17-10;/h17H,4-7H2,1-3H3;1H. The molecule has 2 heterocycles. The van der Waals surface area contributed by atoms with Crippen LogP contribution in [0.15, 0.2) is 22.5 Å². The van der Waals surface area contributed by atoms with E-state index in [1.54, 1.807) is 0 Å². The summed E-state index contributed by atoms with van der Waals surface area (Å²) in [6.45, 7) is 5.71. The lowest BCUT2D eigenvalue weighted by Gasteiger charge is -2.43. The van der Waals surface area contributed by atoms with Gasteiger partial charge in [-0.15, -0.1) is 12.4 Å². The molecule has 1 fully saturated rings. The zero-order valence-corrected chi connectivity index (χ0v) is 12.4. The van der Waals surface area contributed by atoms with Crippen LogP contribution in [0.3, 0.4) is 0 Å². The number of rotatable bonds is 0. The Bertz CT molecular complexity index is 473. The normalized spacial score (nSPS) is 22.4. The largest absolute Gasteiger partial charge is 0.361 e. The number of halogens is 1. The number of dihydropyridines is 1. The lowest BCUT2D eigenvalue weighted by molar-refractivity contribution is 0.185. The first-order valence-corrected chi connectivity index (χ1v) is 6.23. The minimum Gasteiger partial charge on any atom is -0.361 e. The predicted octanol–water partition coefficient (Wildman–Crippen LogP) is 2.32. The molecule has 0 bridgehead atoms. The Morgan fingerprint density at radius 3 is 1.84 bits per heavy atom. The van der Waals surface area contributed by atoms with Gasteiger partial charge in [0.25, 0.3) is 0 Å². The molecular weight excluding hydrogens is 260 g/mol. The SMILES string of the molecule is CC1=C(C#N)C2(CCN(C)CC2)C(C#N)=C(C)N1.Cl. The second-order valence-corrected chi connectivity index (χ2v) is 5.23. The van der Waals surface area contributed by atoms with Crippen molar-refractivity contribution in [3.8, 4) is 12.1 Å². The molecule has 2 aliphatic heterocycles. The molecule has 0 aromatic heterocycles. The second-order valence-electron chi connectivity index (χ2n) is 5.23. The molecule has 1 spiro atoms. The molecule has 5 heteroatoms. The van der Waals surface area contributed by atoms with Crippen molar-refractivity contribution in [3.05, 3.63) is 22.5 Å². The van der Waals surface area contributed by atoms with E-state index in [0.29, 0.717) is 0 Å². The molecule has 4 nitrogen and oxygen atoms in total. The Labute approximate surface area is 120 Å². The van der Waals surface area contributed by atoms with Gasteiger partial charge >= 0.3 is 0 Å². The smallest absolute Gasteiger partial charge is 0.0975 e. The highest BCUT2D eigenvalue weighted by atomic mass is 35.5. The highest BCUT2D eigenvalue weighted by Crippen LogP contribution is 2.48. The van der Waals surface area contributed by atoms with Crippen LogP contribution < -0.4 is 5.32 Å². The third-order valence-corrected chi connectivity index (χ3v) is 4.15. The fraction of sp³-hybridized carbons (Fsp3) is 0.571. The fourth-order valence-electron chi connectivity index (χ4n) is 3.13. The van der Waals surface area contributed by atoms with E-state index in [-0.39, 0.29) is 17.8 Å². The molecule has 2 rings (SSSR count). The van der Waals surface area contributed by atoms with Crippen LogP contribution in [0.25, 0.3) is 0 Å². The van der Waals surface area contributed by atoms with Crippen LogP contribution in [-0.2, 0) is 0 Å². The van der Waals surface area contributed by atoms with Crippen molar-refractivity contribution in [1.82, 2.24) is 10.2 Å². The summed E-state index contributed by atoms with van der Waals surface area (Å²) in [5.74, 6) is 0. The van der Waals surface area contributed by atoms with E-state index in [9.17, 15) is 10.5 Å². The van der Waals surface area contributed by atoms with Gasteiger partial charge in [-0.25, -0.2) is 0 Å². The molecule has 1 saturated heterocycles. The van der Waals surface area contributed by atoms with Gasteiger partial charge in [0.15, 0.2) is 0 Å². The number of hydrogen-bond donors (Lipinski definition) is 1. The van der Waals surface area contributed by atoms with Gasteiger partial charge in [0, 0.05) is 16.8 Å². The summed E-state index contributed by atoms with van der Waals surface area (Å²) in [7, 11) is 2.08. The molecule has 0 radical (unpaired) electrons. The lowest BCUT2D eigenvalue weighted by Crippen LogP contribution is -2.43. The Hall–Kier alpha value is -1.49. The van der Waals surface area contributed by atoms with Crippen LogP contribution in [-0.4, -0.2) is 25.0 Å². The van der Waals surface area contributed by atoms with E-state index in [1.165, 1.54) is 0 Å². The number of nitrogens with one attached hydrogen (secondary N) is 1. The molecular formula is C14H19ClN4. The number of allylic oxidation sites excluding steroid dienone is 4. The number of likely N-dealkylation sites (tertiary alicyclic amines) is 1. The van der Waals surface area contributed by atoms with Crippen molar-refractivity contribution in [2.75, 3.05) is 20.1 Å². The quantitative estimate of drug-likeness (QED) is 0.739. The molecule has 2 aliphatic rings. The van der Waals surface area contributed by atoms with E-state index < -0.39 is 0 Å². The maximum absolute atomic E-state index is 9.45. The van der Waals surface area contributed by atoms with Gasteiger partial charge in [-0.2, -0.15) is 10.5 Å². The average Bonchev–Trinajstić information content (AvgIpc) is 2.33. The summed E-state index contributed by atoms with van der Waals surface area (Å²) < 4.78 is 0. The monoisotopic (exact) mass is 278 g/mol. The van der Waals surface area contributed by atoms with E-state index >= 15 is 0 Å². The Kier molecular flexibility index (Phi) is 4.63. The summed E-state index contributed by atoms with van der Waals surface area (Å²) in [6, 6.07) is 4.65. The number of hydrogen-bond acceptors (Lipinski definition) is 4. The Balaban J connectivity index is 0.00000180. The Morgan fingerprint density at radius 2 is 1.47 bits per heavy atom. The molecule has 0 saturated carbocycles. The van der Waals surface area contributed by atoms with E-state index in [0.717, 1.165) is 48.5 Å². The third kappa shape index (κ3) is 2.34. The zero-order valence-electron chi connectivity index (χ0n) is 11.6. The summed E-state index contributed by atoms with van der Waals surface area (Å²) in [4.78, 5) is 2.25. The molecule has 0 atom stereocenters. The van der Waals surface area contributed by atoms with Gasteiger partial charge in [0.2, 0.25) is 0 Å². The van der Waals surface area contributed by atoms with Gasteiger partial charge in [-0.3, -0.25) is 0 Å². The highest BCUT2D eigenvalue weighted by molar-refractivity contribution is 5.85. The molecule has 19 heavy (non-hydrogen) atoms. The molecule has 1 N–H and O–H groups in total. The maximum Gasteiger partial charge on any atom is 0.0975 e. The van der Waals surface area contributed by atoms with Crippen molar-refractivity contribution >= 4 is 12.4 Å². The number of nitriles is 2. The van der Waals surface area contributed by atoms with E-state index in [2.05, 4.69) is 29.4 Å². The van der Waals surface area contributed by atoms with Gasteiger partial charge in [0.05, 0.1) is 23.3 Å². The summed E-state index contributed by atoms with van der Waals surface area (Å²) >= 11 is 0. The molecule has 0 aromatic rings. The molecule has 0 aromatic carbocycles. The maximum atomic E-state index is 9.45. The molecule has 102 valence electrons. The van der Waals surface area contributed by atoms with Crippen molar-refractivity contribution in [2.45, 2.75) is 26.7 Å².